The lowest BCUT2D eigenvalue weighted by molar-refractivity contribution is 0.0867. The molecule has 0 radical (unpaired) electrons. The summed E-state index contributed by atoms with van der Waals surface area (Å²) in [6, 6.07) is 10.4. The van der Waals surface area contributed by atoms with E-state index in [0.717, 1.165) is 35.1 Å². The molecule has 0 atom stereocenters. The molecule has 0 aromatic heterocycles. The molecule has 1 aliphatic rings. The van der Waals surface area contributed by atoms with E-state index in [-0.39, 0.29) is 5.60 Å². The van der Waals surface area contributed by atoms with E-state index in [1.807, 2.05) is 12.1 Å². The van der Waals surface area contributed by atoms with Gasteiger partial charge in [0.05, 0.1) is 7.11 Å². The van der Waals surface area contributed by atoms with Crippen LogP contribution < -0.4 is 9.47 Å². The quantitative estimate of drug-likeness (QED) is 0.753. The summed E-state index contributed by atoms with van der Waals surface area (Å²) >= 11 is 0. The zero-order valence-corrected chi connectivity index (χ0v) is 11.1. The molecule has 2 nitrogen and oxygen atoms in total. The van der Waals surface area contributed by atoms with Crippen molar-refractivity contribution in [3.8, 4) is 11.5 Å². The molecule has 0 bridgehead atoms. The predicted octanol–water partition coefficient (Wildman–Crippen LogP) is 3.95. The van der Waals surface area contributed by atoms with Gasteiger partial charge in [0.2, 0.25) is 0 Å². The molecule has 0 fully saturated rings. The highest BCUT2D eigenvalue weighted by Gasteiger charge is 2.28. The Kier molecular flexibility index (Phi) is 2.47. The maximum absolute atomic E-state index is 6.18. The highest BCUT2D eigenvalue weighted by molar-refractivity contribution is 5.94. The molecule has 2 aromatic carbocycles. The van der Waals surface area contributed by atoms with Crippen molar-refractivity contribution in [3.05, 3.63) is 35.9 Å². The van der Waals surface area contributed by atoms with E-state index in [9.17, 15) is 0 Å². The van der Waals surface area contributed by atoms with Crippen molar-refractivity contribution in [2.45, 2.75) is 32.3 Å². The van der Waals surface area contributed by atoms with Gasteiger partial charge in [-0.15, -0.1) is 0 Å². The van der Waals surface area contributed by atoms with Crippen LogP contribution in [0.4, 0.5) is 0 Å². The summed E-state index contributed by atoms with van der Waals surface area (Å²) in [6.07, 6.45) is 2.09. The molecule has 0 aliphatic carbocycles. The van der Waals surface area contributed by atoms with Crippen LogP contribution in [0.3, 0.4) is 0 Å². The highest BCUT2D eigenvalue weighted by atomic mass is 16.5. The first-order chi connectivity index (χ1) is 8.61. The number of methoxy groups -OCH3 is 1. The summed E-state index contributed by atoms with van der Waals surface area (Å²) < 4.78 is 11.7. The van der Waals surface area contributed by atoms with E-state index in [2.05, 4.69) is 32.0 Å². The summed E-state index contributed by atoms with van der Waals surface area (Å²) in [5.41, 5.74) is 1.18. The van der Waals surface area contributed by atoms with Crippen molar-refractivity contribution in [2.75, 3.05) is 7.11 Å². The van der Waals surface area contributed by atoms with Gasteiger partial charge in [-0.05, 0) is 38.3 Å². The molecule has 0 N–H and O–H groups in total. The zero-order valence-electron chi connectivity index (χ0n) is 11.1. The molecule has 0 spiro atoms. The fourth-order valence-electron chi connectivity index (χ4n) is 2.61. The summed E-state index contributed by atoms with van der Waals surface area (Å²) in [6.45, 7) is 4.30. The van der Waals surface area contributed by atoms with Gasteiger partial charge in [-0.2, -0.15) is 0 Å². The Morgan fingerprint density at radius 2 is 1.89 bits per heavy atom. The number of rotatable bonds is 1. The largest absolute Gasteiger partial charge is 0.496 e. The summed E-state index contributed by atoms with van der Waals surface area (Å²) in [5.74, 6) is 1.97. The third kappa shape index (κ3) is 1.72. The molecule has 1 heterocycles. The smallest absolute Gasteiger partial charge is 0.131 e. The van der Waals surface area contributed by atoms with Crippen LogP contribution >= 0.6 is 0 Å². The van der Waals surface area contributed by atoms with Gasteiger partial charge < -0.3 is 9.47 Å². The molecule has 1 aliphatic heterocycles. The molecular formula is C16H18O2. The van der Waals surface area contributed by atoms with E-state index in [1.165, 1.54) is 5.56 Å². The molecule has 0 saturated heterocycles. The molecule has 2 heteroatoms. The minimum Gasteiger partial charge on any atom is -0.496 e. The standard InChI is InChI=1S/C16H18O2/c1-16(2)9-8-11-10-14(17-3)12-6-4-5-7-13(12)15(11)18-16/h4-7,10H,8-9H2,1-3H3. The van der Waals surface area contributed by atoms with Gasteiger partial charge in [0, 0.05) is 10.8 Å². The first kappa shape index (κ1) is 11.4. The van der Waals surface area contributed by atoms with E-state index in [4.69, 9.17) is 9.47 Å². The Hall–Kier alpha value is -1.70. The molecule has 18 heavy (non-hydrogen) atoms. The van der Waals surface area contributed by atoms with Crippen LogP contribution in [-0.4, -0.2) is 12.7 Å². The van der Waals surface area contributed by atoms with Crippen molar-refractivity contribution in [1.29, 1.82) is 0 Å². The number of benzene rings is 2. The molecule has 2 aromatic rings. The van der Waals surface area contributed by atoms with Crippen LogP contribution in [-0.2, 0) is 6.42 Å². The van der Waals surface area contributed by atoms with Gasteiger partial charge in [0.15, 0.2) is 0 Å². The third-order valence-electron chi connectivity index (χ3n) is 3.63. The fraction of sp³-hybridized carbons (Fsp3) is 0.375. The van der Waals surface area contributed by atoms with E-state index >= 15 is 0 Å². The number of ether oxygens (including phenoxy) is 2. The minimum atomic E-state index is -0.0790. The summed E-state index contributed by atoms with van der Waals surface area (Å²) in [5, 5.41) is 2.27. The van der Waals surface area contributed by atoms with E-state index in [1.54, 1.807) is 7.11 Å². The zero-order chi connectivity index (χ0) is 12.8. The van der Waals surface area contributed by atoms with Crippen LogP contribution in [0.25, 0.3) is 10.8 Å². The lowest BCUT2D eigenvalue weighted by atomic mass is 9.92. The molecule has 94 valence electrons. The normalized spacial score (nSPS) is 17.1. The Morgan fingerprint density at radius 3 is 2.61 bits per heavy atom. The Balaban J connectivity index is 2.29. The van der Waals surface area contributed by atoms with E-state index < -0.39 is 0 Å². The Morgan fingerprint density at radius 1 is 1.17 bits per heavy atom. The number of fused-ring (bicyclic) bond motifs is 3. The lowest BCUT2D eigenvalue weighted by Crippen LogP contribution is -2.32. The number of hydrogen-bond acceptors (Lipinski definition) is 2. The van der Waals surface area contributed by atoms with Gasteiger partial charge in [-0.25, -0.2) is 0 Å². The second-order valence-corrected chi connectivity index (χ2v) is 5.47. The monoisotopic (exact) mass is 242 g/mol. The summed E-state index contributed by atoms with van der Waals surface area (Å²) in [7, 11) is 1.72. The highest BCUT2D eigenvalue weighted by Crippen LogP contribution is 2.42. The fourth-order valence-corrected chi connectivity index (χ4v) is 2.61. The Bertz CT molecular complexity index is 599. The lowest BCUT2D eigenvalue weighted by Gasteiger charge is -2.33. The van der Waals surface area contributed by atoms with Crippen molar-refractivity contribution in [3.63, 3.8) is 0 Å². The van der Waals surface area contributed by atoms with Crippen molar-refractivity contribution >= 4 is 10.8 Å². The topological polar surface area (TPSA) is 18.5 Å². The third-order valence-corrected chi connectivity index (χ3v) is 3.63. The van der Waals surface area contributed by atoms with Crippen LogP contribution in [0.2, 0.25) is 0 Å². The molecule has 0 saturated carbocycles. The second kappa shape index (κ2) is 3.91. The summed E-state index contributed by atoms with van der Waals surface area (Å²) in [4.78, 5) is 0. The van der Waals surface area contributed by atoms with Crippen molar-refractivity contribution < 1.29 is 9.47 Å². The van der Waals surface area contributed by atoms with Gasteiger partial charge >= 0.3 is 0 Å². The predicted molar refractivity (Wildman–Crippen MR) is 73.5 cm³/mol. The SMILES string of the molecule is COc1cc2c(c3ccccc13)OC(C)(C)CC2. The van der Waals surface area contributed by atoms with Crippen LogP contribution in [0.15, 0.2) is 30.3 Å². The van der Waals surface area contributed by atoms with Gasteiger partial charge in [-0.1, -0.05) is 24.3 Å². The number of aryl methyl sites for hydroxylation is 1. The molecule has 0 unspecified atom stereocenters. The second-order valence-electron chi connectivity index (χ2n) is 5.47. The Labute approximate surface area is 108 Å². The van der Waals surface area contributed by atoms with Gasteiger partial charge in [0.25, 0.3) is 0 Å². The first-order valence-corrected chi connectivity index (χ1v) is 6.38. The van der Waals surface area contributed by atoms with Gasteiger partial charge in [0.1, 0.15) is 17.1 Å². The van der Waals surface area contributed by atoms with Crippen molar-refractivity contribution in [1.82, 2.24) is 0 Å². The minimum absolute atomic E-state index is 0.0790. The average Bonchev–Trinajstić information content (AvgIpc) is 2.37. The maximum Gasteiger partial charge on any atom is 0.131 e. The average molecular weight is 242 g/mol. The first-order valence-electron chi connectivity index (χ1n) is 6.38. The van der Waals surface area contributed by atoms with Crippen LogP contribution in [0, 0.1) is 0 Å². The van der Waals surface area contributed by atoms with Gasteiger partial charge in [-0.3, -0.25) is 0 Å². The van der Waals surface area contributed by atoms with Crippen LogP contribution in [0.1, 0.15) is 25.8 Å². The number of hydrogen-bond donors (Lipinski definition) is 0. The molecule has 3 rings (SSSR count). The van der Waals surface area contributed by atoms with E-state index in [0.29, 0.717) is 0 Å². The maximum atomic E-state index is 6.18. The van der Waals surface area contributed by atoms with Crippen LogP contribution in [0.5, 0.6) is 11.5 Å². The molecule has 0 amide bonds. The van der Waals surface area contributed by atoms with Crippen molar-refractivity contribution in [2.24, 2.45) is 0 Å². The molecular weight excluding hydrogens is 224 g/mol.